The van der Waals surface area contributed by atoms with Crippen molar-refractivity contribution in [3.8, 4) is 11.5 Å². The van der Waals surface area contributed by atoms with Crippen LogP contribution in [0.5, 0.6) is 11.5 Å². The summed E-state index contributed by atoms with van der Waals surface area (Å²) in [6, 6.07) is 15.9. The summed E-state index contributed by atoms with van der Waals surface area (Å²) in [7, 11) is 0. The number of rotatable bonds is 6. The Morgan fingerprint density at radius 2 is 1.12 bits per heavy atom. The molecule has 2 aromatic carbocycles. The minimum atomic E-state index is 0.254. The second kappa shape index (κ2) is 10.8. The van der Waals surface area contributed by atoms with Crippen molar-refractivity contribution in [2.24, 2.45) is 0 Å². The first kappa shape index (κ1) is 21.1. The summed E-state index contributed by atoms with van der Waals surface area (Å²) in [5, 5.41) is 9.01. The van der Waals surface area contributed by atoms with Crippen molar-refractivity contribution < 1.29 is 9.84 Å². The predicted molar refractivity (Wildman–Crippen MR) is 108 cm³/mol. The van der Waals surface area contributed by atoms with Gasteiger partial charge in [-0.3, -0.25) is 0 Å². The number of aromatic hydroxyl groups is 1. The molecule has 0 heterocycles. The Kier molecular flexibility index (Phi) is 9.12. The van der Waals surface area contributed by atoms with Crippen LogP contribution in [0.1, 0.15) is 77.3 Å². The average Bonchev–Trinajstić information content (AvgIpc) is 2.61. The van der Waals surface area contributed by atoms with Crippen LogP contribution >= 0.6 is 0 Å². The maximum atomic E-state index is 9.01. The van der Waals surface area contributed by atoms with E-state index >= 15 is 0 Å². The molecule has 2 heteroatoms. The Bertz CT molecular complexity index is 584. The van der Waals surface area contributed by atoms with Crippen LogP contribution in [0.2, 0.25) is 0 Å². The van der Waals surface area contributed by atoms with Gasteiger partial charge in [-0.1, -0.05) is 52.0 Å². The van der Waals surface area contributed by atoms with Crippen molar-refractivity contribution in [1.29, 1.82) is 0 Å². The number of hydrogen-bond acceptors (Lipinski definition) is 2. The zero-order valence-electron chi connectivity index (χ0n) is 16.6. The summed E-state index contributed by atoms with van der Waals surface area (Å²) in [5.74, 6) is 2.54. The number of phenolic OH excluding ortho intramolecular Hbond substituents is 1. The van der Waals surface area contributed by atoms with Gasteiger partial charge in [0.1, 0.15) is 11.5 Å². The van der Waals surface area contributed by atoms with Gasteiger partial charge in [-0.05, 0) is 73.9 Å². The molecule has 2 atom stereocenters. The van der Waals surface area contributed by atoms with Gasteiger partial charge in [0.05, 0.1) is 6.10 Å². The molecule has 0 aliphatic rings. The fourth-order valence-electron chi connectivity index (χ4n) is 2.42. The van der Waals surface area contributed by atoms with Crippen LogP contribution < -0.4 is 4.74 Å². The second-order valence-corrected chi connectivity index (χ2v) is 6.95. The predicted octanol–water partition coefficient (Wildman–Crippen LogP) is 6.89. The summed E-state index contributed by atoms with van der Waals surface area (Å²) >= 11 is 0. The molecule has 0 saturated heterocycles. The highest BCUT2D eigenvalue weighted by Gasteiger charge is 2.03. The van der Waals surface area contributed by atoms with E-state index in [1.54, 1.807) is 12.1 Å². The van der Waals surface area contributed by atoms with E-state index in [4.69, 9.17) is 9.84 Å². The number of hydrogen-bond donors (Lipinski definition) is 1. The van der Waals surface area contributed by atoms with Crippen molar-refractivity contribution in [2.45, 2.75) is 72.3 Å². The molecule has 2 rings (SSSR count). The van der Waals surface area contributed by atoms with E-state index in [1.807, 2.05) is 26.0 Å². The summed E-state index contributed by atoms with van der Waals surface area (Å²) in [4.78, 5) is 0. The topological polar surface area (TPSA) is 29.5 Å². The Balaban J connectivity index is 0.000000257. The summed E-state index contributed by atoms with van der Waals surface area (Å²) in [6.45, 7) is 12.9. The highest BCUT2D eigenvalue weighted by Crippen LogP contribution is 2.22. The van der Waals surface area contributed by atoms with Crippen LogP contribution in [0.4, 0.5) is 0 Å². The molecule has 0 amide bonds. The van der Waals surface area contributed by atoms with Gasteiger partial charge in [-0.2, -0.15) is 0 Å². The van der Waals surface area contributed by atoms with Gasteiger partial charge in [0.25, 0.3) is 0 Å². The van der Waals surface area contributed by atoms with E-state index in [1.165, 1.54) is 17.5 Å². The van der Waals surface area contributed by atoms with E-state index in [0.717, 1.165) is 12.2 Å². The normalized spacial score (nSPS) is 12.9. The molecule has 2 unspecified atom stereocenters. The maximum absolute atomic E-state index is 9.01. The molecule has 0 saturated carbocycles. The number of ether oxygens (including phenoxy) is 1. The Hall–Kier alpha value is -1.96. The van der Waals surface area contributed by atoms with E-state index in [0.29, 0.717) is 17.6 Å². The van der Waals surface area contributed by atoms with Gasteiger partial charge >= 0.3 is 0 Å². The third kappa shape index (κ3) is 7.64. The average molecular weight is 343 g/mol. The summed E-state index contributed by atoms with van der Waals surface area (Å²) in [5.41, 5.74) is 2.69. The lowest BCUT2D eigenvalue weighted by atomic mass is 9.99. The van der Waals surface area contributed by atoms with E-state index in [-0.39, 0.29) is 6.10 Å². The monoisotopic (exact) mass is 342 g/mol. The van der Waals surface area contributed by atoms with Crippen molar-refractivity contribution in [3.63, 3.8) is 0 Å². The first-order valence-electron chi connectivity index (χ1n) is 9.42. The first-order chi connectivity index (χ1) is 11.9. The van der Waals surface area contributed by atoms with Crippen LogP contribution in [0.25, 0.3) is 0 Å². The number of benzene rings is 2. The summed E-state index contributed by atoms with van der Waals surface area (Å²) < 4.78 is 5.58. The van der Waals surface area contributed by atoms with Crippen LogP contribution in [0, 0.1) is 0 Å². The zero-order chi connectivity index (χ0) is 18.8. The van der Waals surface area contributed by atoms with Crippen molar-refractivity contribution in [2.75, 3.05) is 0 Å². The fourth-order valence-corrected chi connectivity index (χ4v) is 2.42. The Labute approximate surface area is 153 Å². The fraction of sp³-hybridized carbons (Fsp3) is 0.478. The third-order valence-electron chi connectivity index (χ3n) is 4.51. The van der Waals surface area contributed by atoms with Gasteiger partial charge in [0, 0.05) is 0 Å². The van der Waals surface area contributed by atoms with E-state index < -0.39 is 0 Å². The maximum Gasteiger partial charge on any atom is 0.119 e. The molecule has 0 aromatic heterocycles. The van der Waals surface area contributed by atoms with Crippen LogP contribution in [-0.2, 0) is 0 Å². The highest BCUT2D eigenvalue weighted by molar-refractivity contribution is 5.29. The largest absolute Gasteiger partial charge is 0.508 e. The standard InChI is InChI=1S/C13H20O.C10H14O/c1-5-11(4)12-6-8-13(9-7-12)14-10(2)3;1-3-8(2)9-4-6-10(11)7-5-9/h6-11H,5H2,1-4H3;4-8,11H,3H2,1-2H3. The van der Waals surface area contributed by atoms with Crippen molar-refractivity contribution in [3.05, 3.63) is 59.7 Å². The van der Waals surface area contributed by atoms with Gasteiger partial charge in [0.2, 0.25) is 0 Å². The van der Waals surface area contributed by atoms with E-state index in [9.17, 15) is 0 Å². The molecule has 2 nitrogen and oxygen atoms in total. The van der Waals surface area contributed by atoms with Crippen LogP contribution in [-0.4, -0.2) is 11.2 Å². The van der Waals surface area contributed by atoms with Crippen molar-refractivity contribution in [1.82, 2.24) is 0 Å². The lowest BCUT2D eigenvalue weighted by Crippen LogP contribution is -2.05. The smallest absolute Gasteiger partial charge is 0.119 e. The zero-order valence-corrected chi connectivity index (χ0v) is 16.6. The lowest BCUT2D eigenvalue weighted by Gasteiger charge is -2.12. The molecule has 0 radical (unpaired) electrons. The van der Waals surface area contributed by atoms with Gasteiger partial charge < -0.3 is 9.84 Å². The molecule has 1 N–H and O–H groups in total. The minimum Gasteiger partial charge on any atom is -0.508 e. The second-order valence-electron chi connectivity index (χ2n) is 6.95. The molecule has 2 aromatic rings. The van der Waals surface area contributed by atoms with Crippen LogP contribution in [0.15, 0.2) is 48.5 Å². The first-order valence-corrected chi connectivity index (χ1v) is 9.42. The number of phenols is 1. The molecule has 138 valence electrons. The van der Waals surface area contributed by atoms with Crippen molar-refractivity contribution >= 4 is 0 Å². The quantitative estimate of drug-likeness (QED) is 0.619. The van der Waals surface area contributed by atoms with E-state index in [2.05, 4.69) is 52.0 Å². The molecule has 0 aliphatic heterocycles. The molecular weight excluding hydrogens is 308 g/mol. The molecule has 0 fully saturated rings. The van der Waals surface area contributed by atoms with Crippen LogP contribution in [0.3, 0.4) is 0 Å². The third-order valence-corrected chi connectivity index (χ3v) is 4.51. The lowest BCUT2D eigenvalue weighted by molar-refractivity contribution is 0.242. The Morgan fingerprint density at radius 3 is 1.48 bits per heavy atom. The van der Waals surface area contributed by atoms with Gasteiger partial charge in [-0.15, -0.1) is 0 Å². The SMILES string of the molecule is CCC(C)c1ccc(O)cc1.CCC(C)c1ccc(OC(C)C)cc1. The molecule has 0 aliphatic carbocycles. The Morgan fingerprint density at radius 1 is 0.720 bits per heavy atom. The summed E-state index contributed by atoms with van der Waals surface area (Å²) in [6.07, 6.45) is 2.58. The highest BCUT2D eigenvalue weighted by atomic mass is 16.5. The molecule has 25 heavy (non-hydrogen) atoms. The molecule has 0 spiro atoms. The van der Waals surface area contributed by atoms with Gasteiger partial charge in [0.15, 0.2) is 0 Å². The molecular formula is C23H34O2. The van der Waals surface area contributed by atoms with Gasteiger partial charge in [-0.25, -0.2) is 0 Å². The molecule has 0 bridgehead atoms. The minimum absolute atomic E-state index is 0.254.